The van der Waals surface area contributed by atoms with Gasteiger partial charge in [0.25, 0.3) is 0 Å². The number of ketones is 1. The zero-order chi connectivity index (χ0) is 56.8. The summed E-state index contributed by atoms with van der Waals surface area (Å²) in [5.74, 6) is -6.71. The SMILES string of the molecule is CC(=O)O[C@@]12CO[C@@H]1C[C@H](O)[C@@]1(C)C(=O)[C@H](O)C3=C(C)[C@@H](OC(=O)[C@H](OC(=O)COCCOCCNC(=O)OCc4ccccc4)[C@@H](NC(=O)OC(C)(C)C)c4ccccc4)C[C@](O)([C@@H](OC(=O)c4ccccc4)[C@H]21)C3(C)C. The number of alkyl carbamates (subject to hydrolysis) is 2. The quantitative estimate of drug-likeness (QED) is 0.0468. The van der Waals surface area contributed by atoms with Crippen LogP contribution in [0.25, 0.3) is 0 Å². The molecule has 3 fully saturated rings. The molecule has 3 aliphatic carbocycles. The lowest BCUT2D eigenvalue weighted by Crippen LogP contribution is -2.81. The van der Waals surface area contributed by atoms with Gasteiger partial charge in [-0.3, -0.25) is 9.59 Å². The zero-order valence-corrected chi connectivity index (χ0v) is 45.0. The van der Waals surface area contributed by atoms with Crippen molar-refractivity contribution in [2.75, 3.05) is 39.6 Å². The van der Waals surface area contributed by atoms with Crippen molar-refractivity contribution in [2.45, 2.75) is 134 Å². The Labute approximate surface area is 452 Å². The van der Waals surface area contributed by atoms with Crippen molar-refractivity contribution in [1.82, 2.24) is 10.6 Å². The predicted octanol–water partition coefficient (Wildman–Crippen LogP) is 4.77. The average molecular weight is 1090 g/mol. The molecule has 7 rings (SSSR count). The number of hydrogen-bond acceptors (Lipinski definition) is 19. The number of ether oxygens (including phenoxy) is 9. The largest absolute Gasteiger partial charge is 0.455 e. The minimum Gasteiger partial charge on any atom is -0.455 e. The average Bonchev–Trinajstić information content (AvgIpc) is 1.56. The fraction of sp³-hybridized carbons (Fsp3) is 0.526. The van der Waals surface area contributed by atoms with Crippen LogP contribution < -0.4 is 10.6 Å². The number of nitrogens with one attached hydrogen (secondary N) is 2. The summed E-state index contributed by atoms with van der Waals surface area (Å²) in [4.78, 5) is 97.3. The molecular formula is C57H70N2O19. The van der Waals surface area contributed by atoms with Crippen molar-refractivity contribution in [1.29, 1.82) is 0 Å². The number of benzene rings is 3. The van der Waals surface area contributed by atoms with Crippen molar-refractivity contribution in [3.63, 3.8) is 0 Å². The van der Waals surface area contributed by atoms with E-state index in [0.717, 1.165) is 12.5 Å². The first-order chi connectivity index (χ1) is 36.8. The molecule has 1 aliphatic heterocycles. The molecule has 3 aromatic rings. The van der Waals surface area contributed by atoms with E-state index in [1.165, 1.54) is 39.8 Å². The van der Waals surface area contributed by atoms with E-state index in [-0.39, 0.29) is 68.3 Å². The van der Waals surface area contributed by atoms with Gasteiger partial charge in [0.2, 0.25) is 6.10 Å². The van der Waals surface area contributed by atoms with Gasteiger partial charge in [-0.25, -0.2) is 24.0 Å². The Bertz CT molecular complexity index is 2690. The van der Waals surface area contributed by atoms with Crippen LogP contribution in [0, 0.1) is 16.7 Å². The van der Waals surface area contributed by atoms with Gasteiger partial charge in [-0.05, 0) is 69.0 Å². The number of carbonyl (C=O) groups excluding carboxylic acids is 7. The minimum absolute atomic E-state index is 0.0220. The lowest BCUT2D eigenvalue weighted by molar-refractivity contribution is -0.346. The zero-order valence-electron chi connectivity index (χ0n) is 45.0. The Hall–Kier alpha value is -6.75. The van der Waals surface area contributed by atoms with Crippen molar-refractivity contribution in [2.24, 2.45) is 16.7 Å². The number of fused-ring (bicyclic) bond motifs is 5. The first-order valence-electron chi connectivity index (χ1n) is 25.8. The molecule has 0 spiro atoms. The Kier molecular flexibility index (Phi) is 18.2. The van der Waals surface area contributed by atoms with Crippen molar-refractivity contribution in [3.05, 3.63) is 119 Å². The summed E-state index contributed by atoms with van der Waals surface area (Å²) < 4.78 is 52.3. The standard InChI is InChI=1S/C57H70N2O19/c1-33-38(29-57(69)48(76-49(65)37-22-16-11-17-23-37)46-55(8,47(64)44(63)42(33)54(57,6)7)39(61)28-40-56(46,32-73-40)77-34(2)60)74-50(66)45(43(36-20-14-10-15-21-36)59-52(68)78-53(3,4)5)75-41(62)31-71-27-26-70-25-24-58-51(67)72-30-35-18-12-9-13-19-35/h9-23,38-40,43-46,48,61,63,69H,24-32H2,1-8H3,(H,58,67)(H,59,68)/t38-,39-,40+,43-,44+,45+,46-,48-,55+,56-,57-/m0/s1. The highest BCUT2D eigenvalue weighted by Gasteiger charge is 2.78. The van der Waals surface area contributed by atoms with Crippen LogP contribution in [0.5, 0.6) is 0 Å². The van der Waals surface area contributed by atoms with Gasteiger partial charge in [-0.15, -0.1) is 0 Å². The first kappa shape index (κ1) is 58.9. The molecule has 21 heteroatoms. The predicted molar refractivity (Wildman–Crippen MR) is 274 cm³/mol. The monoisotopic (exact) mass is 1090 g/mol. The van der Waals surface area contributed by atoms with Crippen LogP contribution in [0.4, 0.5) is 9.59 Å². The molecule has 1 heterocycles. The molecule has 21 nitrogen and oxygen atoms in total. The number of aliphatic hydroxyl groups excluding tert-OH is 2. The van der Waals surface area contributed by atoms with Crippen LogP contribution in [-0.2, 0) is 68.4 Å². The summed E-state index contributed by atoms with van der Waals surface area (Å²) in [5, 5.41) is 43.5. The molecule has 11 atom stereocenters. The second-order valence-corrected chi connectivity index (χ2v) is 21.7. The lowest BCUT2D eigenvalue weighted by Gasteiger charge is -2.67. The fourth-order valence-corrected chi connectivity index (χ4v) is 11.2. The number of hydrogen-bond donors (Lipinski definition) is 5. The summed E-state index contributed by atoms with van der Waals surface area (Å²) in [6.07, 6.45) is -12.8. The number of carbonyl (C=O) groups is 7. The summed E-state index contributed by atoms with van der Waals surface area (Å²) >= 11 is 0. The molecule has 78 heavy (non-hydrogen) atoms. The number of esters is 4. The van der Waals surface area contributed by atoms with Gasteiger partial charge in [0.05, 0.1) is 49.4 Å². The molecule has 0 radical (unpaired) electrons. The van der Waals surface area contributed by atoms with Gasteiger partial charge in [0.1, 0.15) is 54.9 Å². The van der Waals surface area contributed by atoms with E-state index >= 15 is 9.59 Å². The third-order valence-electron chi connectivity index (χ3n) is 15.1. The lowest BCUT2D eigenvalue weighted by atomic mass is 9.44. The van der Waals surface area contributed by atoms with E-state index in [1.807, 2.05) is 30.3 Å². The van der Waals surface area contributed by atoms with Gasteiger partial charge in [-0.2, -0.15) is 0 Å². The van der Waals surface area contributed by atoms with Crippen LogP contribution in [0.15, 0.2) is 102 Å². The first-order valence-corrected chi connectivity index (χ1v) is 25.8. The van der Waals surface area contributed by atoms with Crippen molar-refractivity contribution >= 4 is 41.8 Å². The Morgan fingerprint density at radius 1 is 0.833 bits per heavy atom. The van der Waals surface area contributed by atoms with Crippen LogP contribution in [-0.4, -0.2) is 150 Å². The summed E-state index contributed by atoms with van der Waals surface area (Å²) in [5.41, 5.74) is -8.05. The van der Waals surface area contributed by atoms with Crippen molar-refractivity contribution < 1.29 is 91.5 Å². The molecule has 4 aliphatic rings. The number of aliphatic hydroxyl groups is 3. The summed E-state index contributed by atoms with van der Waals surface area (Å²) in [7, 11) is 0. The maximum absolute atomic E-state index is 15.3. The van der Waals surface area contributed by atoms with Crippen molar-refractivity contribution in [3.8, 4) is 0 Å². The van der Waals surface area contributed by atoms with Gasteiger partial charge < -0.3 is 68.6 Å². The third kappa shape index (κ3) is 12.4. The van der Waals surface area contributed by atoms with E-state index in [2.05, 4.69) is 10.6 Å². The third-order valence-corrected chi connectivity index (χ3v) is 15.1. The Morgan fingerprint density at radius 2 is 1.46 bits per heavy atom. The molecule has 2 saturated carbocycles. The molecule has 5 N–H and O–H groups in total. The van der Waals surface area contributed by atoms with E-state index in [9.17, 15) is 39.3 Å². The fourth-order valence-electron chi connectivity index (χ4n) is 11.2. The number of amides is 2. The topological polar surface area (TPSA) is 287 Å². The molecule has 2 amide bonds. The van der Waals surface area contributed by atoms with E-state index < -0.39 is 131 Å². The molecule has 1 saturated heterocycles. The summed E-state index contributed by atoms with van der Waals surface area (Å²) in [6, 6.07) is 23.4. The van der Waals surface area contributed by atoms with E-state index in [4.69, 9.17) is 42.6 Å². The van der Waals surface area contributed by atoms with Crippen LogP contribution in [0.3, 0.4) is 0 Å². The molecule has 0 unspecified atom stereocenters. The minimum atomic E-state index is -2.47. The van der Waals surface area contributed by atoms with Crippen LogP contribution in [0.1, 0.15) is 95.8 Å². The molecule has 2 bridgehead atoms. The molecule has 3 aromatic carbocycles. The van der Waals surface area contributed by atoms with Crippen LogP contribution >= 0.6 is 0 Å². The Balaban J connectivity index is 1.19. The number of Topliss-reactive ketones (excluding diaryl/α,β-unsaturated/α-hetero) is 1. The highest BCUT2D eigenvalue weighted by atomic mass is 16.6. The Morgan fingerprint density at radius 3 is 2.08 bits per heavy atom. The maximum atomic E-state index is 15.3. The summed E-state index contributed by atoms with van der Waals surface area (Å²) in [6.45, 7) is 10.9. The molecule has 422 valence electrons. The van der Waals surface area contributed by atoms with Gasteiger partial charge in [0, 0.05) is 31.7 Å². The van der Waals surface area contributed by atoms with E-state index in [1.54, 1.807) is 69.3 Å². The van der Waals surface area contributed by atoms with Gasteiger partial charge in [-0.1, -0.05) is 92.7 Å². The van der Waals surface area contributed by atoms with Gasteiger partial charge >= 0.3 is 36.1 Å². The number of rotatable bonds is 19. The molecular weight excluding hydrogens is 1020 g/mol. The van der Waals surface area contributed by atoms with E-state index in [0.29, 0.717) is 0 Å². The second-order valence-electron chi connectivity index (χ2n) is 21.7. The smallest absolute Gasteiger partial charge is 0.408 e. The van der Waals surface area contributed by atoms with Gasteiger partial charge in [0.15, 0.2) is 11.4 Å². The normalized spacial score (nSPS) is 27.8. The second kappa shape index (κ2) is 24.1. The highest BCUT2D eigenvalue weighted by molar-refractivity contribution is 5.94. The highest BCUT2D eigenvalue weighted by Crippen LogP contribution is 2.64. The molecule has 0 aromatic heterocycles. The van der Waals surface area contributed by atoms with Crippen LogP contribution in [0.2, 0.25) is 0 Å². The maximum Gasteiger partial charge on any atom is 0.408 e.